The van der Waals surface area contributed by atoms with Crippen LogP contribution in [0.3, 0.4) is 0 Å². The number of ether oxygens (including phenoxy) is 2. The fraction of sp³-hybridized carbons (Fsp3) is 0.667. The van der Waals surface area contributed by atoms with Crippen molar-refractivity contribution in [3.63, 3.8) is 0 Å². The molecule has 1 aliphatic heterocycles. The standard InChI is InChI=1S/C12H17NO7/c1-2-4-11(16)18-7-3-8-19-12(17)20-13-9(14)5-6-10(13)15/h2-8H2,1H3. The van der Waals surface area contributed by atoms with Crippen molar-refractivity contribution in [2.45, 2.75) is 39.0 Å². The zero-order valence-electron chi connectivity index (χ0n) is 11.3. The molecule has 1 heterocycles. The lowest BCUT2D eigenvalue weighted by atomic mass is 10.3. The molecule has 0 spiro atoms. The molecule has 8 heteroatoms. The molecule has 0 N–H and O–H groups in total. The first kappa shape index (κ1) is 15.9. The van der Waals surface area contributed by atoms with Crippen molar-refractivity contribution >= 4 is 23.9 Å². The first-order chi connectivity index (χ1) is 9.54. The smallest absolute Gasteiger partial charge is 0.466 e. The Hall–Kier alpha value is -2.12. The second kappa shape index (κ2) is 8.13. The Kier molecular flexibility index (Phi) is 6.48. The minimum absolute atomic E-state index is 0.0273. The summed E-state index contributed by atoms with van der Waals surface area (Å²) in [4.78, 5) is 49.0. The van der Waals surface area contributed by atoms with Gasteiger partial charge in [0, 0.05) is 25.7 Å². The molecule has 1 saturated heterocycles. The van der Waals surface area contributed by atoms with E-state index in [1.807, 2.05) is 6.92 Å². The third kappa shape index (κ3) is 5.25. The third-order valence-corrected chi connectivity index (χ3v) is 2.40. The van der Waals surface area contributed by atoms with E-state index in [1.54, 1.807) is 0 Å². The Morgan fingerprint density at radius 1 is 1.10 bits per heavy atom. The van der Waals surface area contributed by atoms with Crippen LogP contribution >= 0.6 is 0 Å². The van der Waals surface area contributed by atoms with Crippen LogP contribution in [0, 0.1) is 0 Å². The van der Waals surface area contributed by atoms with Crippen LogP contribution in [0.4, 0.5) is 4.79 Å². The van der Waals surface area contributed by atoms with Crippen LogP contribution < -0.4 is 0 Å². The first-order valence-electron chi connectivity index (χ1n) is 6.40. The number of hydrogen-bond acceptors (Lipinski definition) is 7. The van der Waals surface area contributed by atoms with Gasteiger partial charge < -0.3 is 9.47 Å². The van der Waals surface area contributed by atoms with Crippen molar-refractivity contribution < 1.29 is 33.5 Å². The lowest BCUT2D eigenvalue weighted by Crippen LogP contribution is -2.32. The second-order valence-electron chi connectivity index (χ2n) is 4.10. The summed E-state index contributed by atoms with van der Waals surface area (Å²) in [5, 5.41) is 0.406. The highest BCUT2D eigenvalue weighted by molar-refractivity contribution is 6.01. The average Bonchev–Trinajstić information content (AvgIpc) is 2.70. The fourth-order valence-electron chi connectivity index (χ4n) is 1.44. The highest BCUT2D eigenvalue weighted by Crippen LogP contribution is 2.12. The number of rotatable bonds is 7. The maximum absolute atomic E-state index is 11.2. The van der Waals surface area contributed by atoms with Crippen LogP contribution in [0.1, 0.15) is 39.0 Å². The summed E-state index contributed by atoms with van der Waals surface area (Å²) < 4.78 is 9.49. The molecule has 1 rings (SSSR count). The van der Waals surface area contributed by atoms with Gasteiger partial charge >= 0.3 is 12.1 Å². The molecule has 8 nitrogen and oxygen atoms in total. The number of hydrogen-bond donors (Lipinski definition) is 0. The molecule has 0 atom stereocenters. The van der Waals surface area contributed by atoms with Gasteiger partial charge in [0.15, 0.2) is 0 Å². The van der Waals surface area contributed by atoms with Gasteiger partial charge in [-0.1, -0.05) is 12.0 Å². The van der Waals surface area contributed by atoms with Crippen molar-refractivity contribution in [2.24, 2.45) is 0 Å². The van der Waals surface area contributed by atoms with E-state index in [9.17, 15) is 19.2 Å². The van der Waals surface area contributed by atoms with Gasteiger partial charge in [-0.2, -0.15) is 0 Å². The summed E-state index contributed by atoms with van der Waals surface area (Å²) >= 11 is 0. The molecule has 0 aromatic heterocycles. The monoisotopic (exact) mass is 287 g/mol. The Balaban J connectivity index is 2.10. The van der Waals surface area contributed by atoms with Crippen LogP contribution in [-0.2, 0) is 28.7 Å². The molecule has 0 unspecified atom stereocenters. The Labute approximate surface area is 115 Å². The minimum Gasteiger partial charge on any atom is -0.466 e. The van der Waals surface area contributed by atoms with Gasteiger partial charge in [-0.25, -0.2) is 4.79 Å². The van der Waals surface area contributed by atoms with Crippen molar-refractivity contribution in [3.05, 3.63) is 0 Å². The molecule has 0 bridgehead atoms. The first-order valence-corrected chi connectivity index (χ1v) is 6.40. The van der Waals surface area contributed by atoms with E-state index in [0.29, 0.717) is 24.3 Å². The Morgan fingerprint density at radius 2 is 1.70 bits per heavy atom. The summed E-state index contributed by atoms with van der Waals surface area (Å²) in [5.74, 6) is -1.44. The van der Waals surface area contributed by atoms with E-state index in [2.05, 4.69) is 9.57 Å². The number of amides is 2. The molecule has 0 aromatic rings. The van der Waals surface area contributed by atoms with Crippen LogP contribution in [0.2, 0.25) is 0 Å². The molecule has 0 aliphatic carbocycles. The summed E-state index contributed by atoms with van der Waals surface area (Å²) in [7, 11) is 0. The molecule has 0 saturated carbocycles. The van der Waals surface area contributed by atoms with Crippen molar-refractivity contribution in [2.75, 3.05) is 13.2 Å². The predicted molar refractivity (Wildman–Crippen MR) is 64.0 cm³/mol. The van der Waals surface area contributed by atoms with E-state index < -0.39 is 18.0 Å². The Bertz CT molecular complexity index is 377. The summed E-state index contributed by atoms with van der Waals surface area (Å²) in [6, 6.07) is 0. The van der Waals surface area contributed by atoms with Crippen LogP contribution in [0.25, 0.3) is 0 Å². The Morgan fingerprint density at radius 3 is 2.30 bits per heavy atom. The number of nitrogens with zero attached hydrogens (tertiary/aromatic N) is 1. The molecule has 2 amide bonds. The van der Waals surface area contributed by atoms with Gasteiger partial charge in [0.05, 0.1) is 13.2 Å². The topological polar surface area (TPSA) is 99.2 Å². The lowest BCUT2D eigenvalue weighted by Gasteiger charge is -2.12. The molecular formula is C12H17NO7. The maximum atomic E-state index is 11.2. The lowest BCUT2D eigenvalue weighted by molar-refractivity contribution is -0.177. The summed E-state index contributed by atoms with van der Waals surface area (Å²) in [6.45, 7) is 1.96. The zero-order valence-corrected chi connectivity index (χ0v) is 11.3. The predicted octanol–water partition coefficient (Wildman–Crippen LogP) is 0.937. The molecular weight excluding hydrogens is 270 g/mol. The van der Waals surface area contributed by atoms with Gasteiger partial charge in [-0.15, -0.1) is 0 Å². The van der Waals surface area contributed by atoms with Gasteiger partial charge in [0.1, 0.15) is 0 Å². The number of esters is 1. The second-order valence-corrected chi connectivity index (χ2v) is 4.10. The summed E-state index contributed by atoms with van der Waals surface area (Å²) in [5.41, 5.74) is 0. The van der Waals surface area contributed by atoms with Gasteiger partial charge in [-0.3, -0.25) is 19.2 Å². The summed E-state index contributed by atoms with van der Waals surface area (Å²) in [6.07, 6.45) is 0.293. The zero-order chi connectivity index (χ0) is 15.0. The maximum Gasteiger partial charge on any atom is 0.533 e. The van der Waals surface area contributed by atoms with Gasteiger partial charge in [0.25, 0.3) is 11.8 Å². The molecule has 0 aromatic carbocycles. The molecule has 1 fully saturated rings. The van der Waals surface area contributed by atoms with Gasteiger partial charge in [0.2, 0.25) is 0 Å². The van der Waals surface area contributed by atoms with E-state index >= 15 is 0 Å². The van der Waals surface area contributed by atoms with E-state index in [1.165, 1.54) is 0 Å². The van der Waals surface area contributed by atoms with E-state index in [0.717, 1.165) is 0 Å². The molecule has 1 aliphatic rings. The quantitative estimate of drug-likeness (QED) is 0.390. The number of carbonyl (C=O) groups is 4. The molecule has 0 radical (unpaired) electrons. The normalized spacial score (nSPS) is 14.3. The molecule has 112 valence electrons. The van der Waals surface area contributed by atoms with Crippen molar-refractivity contribution in [3.8, 4) is 0 Å². The fourth-order valence-corrected chi connectivity index (χ4v) is 1.44. The average molecular weight is 287 g/mol. The van der Waals surface area contributed by atoms with Crippen molar-refractivity contribution in [1.82, 2.24) is 5.06 Å². The van der Waals surface area contributed by atoms with Crippen LogP contribution in [0.5, 0.6) is 0 Å². The minimum atomic E-state index is -1.13. The van der Waals surface area contributed by atoms with E-state index in [4.69, 9.17) is 4.74 Å². The van der Waals surface area contributed by atoms with Crippen LogP contribution in [0.15, 0.2) is 0 Å². The van der Waals surface area contributed by atoms with Crippen LogP contribution in [-0.4, -0.2) is 42.2 Å². The van der Waals surface area contributed by atoms with E-state index in [-0.39, 0.29) is 32.0 Å². The highest BCUT2D eigenvalue weighted by atomic mass is 16.8. The van der Waals surface area contributed by atoms with Crippen molar-refractivity contribution in [1.29, 1.82) is 0 Å². The number of carbonyl (C=O) groups excluding carboxylic acids is 4. The SMILES string of the molecule is CCCC(=O)OCCCOC(=O)ON1C(=O)CCC1=O. The molecule has 20 heavy (non-hydrogen) atoms. The third-order valence-electron chi connectivity index (χ3n) is 2.40. The number of imide groups is 1. The van der Waals surface area contributed by atoms with Gasteiger partial charge in [-0.05, 0) is 6.42 Å². The largest absolute Gasteiger partial charge is 0.533 e. The number of hydroxylamine groups is 2. The highest BCUT2D eigenvalue weighted by Gasteiger charge is 2.33.